The molecule has 26 heavy (non-hydrogen) atoms. The minimum absolute atomic E-state index is 0.116. The van der Waals surface area contributed by atoms with Crippen LogP contribution in [0.5, 0.6) is 0 Å². The van der Waals surface area contributed by atoms with E-state index in [-0.39, 0.29) is 6.03 Å². The van der Waals surface area contributed by atoms with Gasteiger partial charge in [0.2, 0.25) is 0 Å². The third-order valence-corrected chi connectivity index (χ3v) is 5.41. The lowest BCUT2D eigenvalue weighted by molar-refractivity contribution is 0.240. The van der Waals surface area contributed by atoms with Crippen molar-refractivity contribution in [2.24, 2.45) is 0 Å². The number of urea groups is 1. The van der Waals surface area contributed by atoms with E-state index in [9.17, 15) is 4.79 Å². The Morgan fingerprint density at radius 2 is 1.92 bits per heavy atom. The number of carbonyl (C=O) groups excluding carboxylic acids is 1. The number of benzene rings is 1. The second kappa shape index (κ2) is 10.1. The fourth-order valence-electron chi connectivity index (χ4n) is 2.92. The zero-order chi connectivity index (χ0) is 18.0. The molecule has 5 nitrogen and oxygen atoms in total. The summed E-state index contributed by atoms with van der Waals surface area (Å²) < 4.78 is 0. The van der Waals surface area contributed by atoms with Crippen LogP contribution in [0.4, 0.5) is 10.6 Å². The number of anilines is 1. The topological polar surface area (TPSA) is 57.3 Å². The number of nitrogens with one attached hydrogen (secondary N) is 2. The quantitative estimate of drug-likeness (QED) is 0.550. The van der Waals surface area contributed by atoms with Crippen LogP contribution in [0.3, 0.4) is 0 Å². The lowest BCUT2D eigenvalue weighted by Crippen LogP contribution is -2.35. The zero-order valence-electron chi connectivity index (χ0n) is 15.0. The lowest BCUT2D eigenvalue weighted by Gasteiger charge is -2.17. The summed E-state index contributed by atoms with van der Waals surface area (Å²) >= 11 is 1.81. The van der Waals surface area contributed by atoms with E-state index in [0.717, 1.165) is 36.6 Å². The molecule has 0 aliphatic carbocycles. The highest BCUT2D eigenvalue weighted by atomic mass is 32.2. The molecule has 0 radical (unpaired) electrons. The minimum Gasteiger partial charge on any atom is -0.357 e. The van der Waals surface area contributed by atoms with Gasteiger partial charge in [-0.3, -0.25) is 0 Å². The van der Waals surface area contributed by atoms with Gasteiger partial charge in [-0.05, 0) is 54.8 Å². The molecule has 1 saturated heterocycles. The zero-order valence-corrected chi connectivity index (χ0v) is 15.8. The highest BCUT2D eigenvalue weighted by molar-refractivity contribution is 7.99. The average Bonchev–Trinajstić information content (AvgIpc) is 3.22. The van der Waals surface area contributed by atoms with Gasteiger partial charge in [-0.2, -0.15) is 0 Å². The van der Waals surface area contributed by atoms with Crippen molar-refractivity contribution < 1.29 is 4.79 Å². The van der Waals surface area contributed by atoms with Crippen molar-refractivity contribution in [2.75, 3.05) is 30.3 Å². The molecule has 2 N–H and O–H groups in total. The number of amides is 2. The van der Waals surface area contributed by atoms with Gasteiger partial charge >= 0.3 is 6.03 Å². The van der Waals surface area contributed by atoms with Crippen molar-refractivity contribution in [3.05, 3.63) is 54.2 Å². The molecule has 0 bridgehead atoms. The first-order chi connectivity index (χ1) is 12.8. The number of nitrogens with zero attached hydrogens (tertiary/aromatic N) is 2. The van der Waals surface area contributed by atoms with Gasteiger partial charge in [0.15, 0.2) is 0 Å². The number of thioether (sulfide) groups is 1. The van der Waals surface area contributed by atoms with Crippen LogP contribution in [0.2, 0.25) is 0 Å². The normalized spacial score (nSPS) is 13.6. The summed E-state index contributed by atoms with van der Waals surface area (Å²) in [4.78, 5) is 19.9. The number of hydrogen-bond donors (Lipinski definition) is 2. The number of hydrogen-bond acceptors (Lipinski definition) is 4. The molecule has 6 heteroatoms. The summed E-state index contributed by atoms with van der Waals surface area (Å²) in [6.45, 7) is 3.35. The first kappa shape index (κ1) is 18.6. The molecule has 0 saturated carbocycles. The van der Waals surface area contributed by atoms with E-state index >= 15 is 0 Å². The van der Waals surface area contributed by atoms with Crippen molar-refractivity contribution in [1.82, 2.24) is 15.6 Å². The monoisotopic (exact) mass is 370 g/mol. The summed E-state index contributed by atoms with van der Waals surface area (Å²) in [7, 11) is 0. The Kier molecular flexibility index (Phi) is 7.19. The molecule has 2 heterocycles. The molecule has 0 atom stereocenters. The Morgan fingerprint density at radius 3 is 2.73 bits per heavy atom. The molecule has 1 aliphatic heterocycles. The van der Waals surface area contributed by atoms with Gasteiger partial charge in [-0.15, -0.1) is 11.8 Å². The summed E-state index contributed by atoms with van der Waals surface area (Å²) in [6, 6.07) is 14.2. The average molecular weight is 371 g/mol. The summed E-state index contributed by atoms with van der Waals surface area (Å²) in [5, 5.41) is 5.84. The van der Waals surface area contributed by atoms with Crippen LogP contribution in [0.15, 0.2) is 53.6 Å². The molecule has 1 aliphatic rings. The molecule has 0 unspecified atom stereocenters. The Hall–Kier alpha value is -2.21. The van der Waals surface area contributed by atoms with Crippen LogP contribution >= 0.6 is 11.8 Å². The lowest BCUT2D eigenvalue weighted by atomic mass is 10.2. The molecule has 2 aromatic rings. The maximum atomic E-state index is 11.9. The van der Waals surface area contributed by atoms with Gasteiger partial charge in [-0.1, -0.05) is 18.2 Å². The number of carbonyl (C=O) groups is 1. The molecule has 3 rings (SSSR count). The highest BCUT2D eigenvalue weighted by Crippen LogP contribution is 2.18. The Labute approximate surface area is 159 Å². The SMILES string of the molecule is O=C(NCCCSc1ccccc1)NCc1ccnc(N2CCCC2)c1. The second-order valence-corrected chi connectivity index (χ2v) is 7.51. The Morgan fingerprint density at radius 1 is 1.12 bits per heavy atom. The van der Waals surface area contributed by atoms with Gasteiger partial charge in [0.1, 0.15) is 5.82 Å². The Bertz CT molecular complexity index is 689. The van der Waals surface area contributed by atoms with Crippen molar-refractivity contribution in [1.29, 1.82) is 0 Å². The van der Waals surface area contributed by atoms with Crippen molar-refractivity contribution >= 4 is 23.6 Å². The standard InChI is InChI=1S/C20H26N4OS/c25-20(22-10-6-14-26-18-7-2-1-3-8-18)23-16-17-9-11-21-19(15-17)24-12-4-5-13-24/h1-3,7-9,11,15H,4-6,10,12-14,16H2,(H2,22,23,25). The van der Waals surface area contributed by atoms with E-state index in [1.165, 1.54) is 17.7 Å². The van der Waals surface area contributed by atoms with E-state index in [4.69, 9.17) is 0 Å². The molecular weight excluding hydrogens is 344 g/mol. The van der Waals surface area contributed by atoms with Crippen LogP contribution in [-0.4, -0.2) is 36.4 Å². The first-order valence-electron chi connectivity index (χ1n) is 9.21. The fourth-order valence-corrected chi connectivity index (χ4v) is 3.79. The second-order valence-electron chi connectivity index (χ2n) is 6.34. The summed E-state index contributed by atoms with van der Waals surface area (Å²) in [5.41, 5.74) is 1.08. The summed E-state index contributed by atoms with van der Waals surface area (Å²) in [5.74, 6) is 2.01. The van der Waals surface area contributed by atoms with Crippen LogP contribution in [0, 0.1) is 0 Å². The number of aromatic nitrogens is 1. The van der Waals surface area contributed by atoms with Crippen molar-refractivity contribution in [3.8, 4) is 0 Å². The predicted molar refractivity (Wildman–Crippen MR) is 108 cm³/mol. The van der Waals surface area contributed by atoms with E-state index < -0.39 is 0 Å². The van der Waals surface area contributed by atoms with E-state index in [2.05, 4.69) is 38.7 Å². The van der Waals surface area contributed by atoms with Crippen LogP contribution in [0.25, 0.3) is 0 Å². The molecule has 2 amide bonds. The number of rotatable bonds is 8. The smallest absolute Gasteiger partial charge is 0.315 e. The minimum atomic E-state index is -0.116. The molecular formula is C20H26N4OS. The molecule has 1 fully saturated rings. The third-order valence-electron chi connectivity index (χ3n) is 4.31. The highest BCUT2D eigenvalue weighted by Gasteiger charge is 2.13. The van der Waals surface area contributed by atoms with Gasteiger partial charge in [0.05, 0.1) is 0 Å². The predicted octanol–water partition coefficient (Wildman–Crippen LogP) is 3.66. The van der Waals surface area contributed by atoms with E-state index in [0.29, 0.717) is 13.1 Å². The van der Waals surface area contributed by atoms with Crippen molar-refractivity contribution in [3.63, 3.8) is 0 Å². The molecule has 138 valence electrons. The first-order valence-corrected chi connectivity index (χ1v) is 10.2. The number of pyridine rings is 1. The van der Waals surface area contributed by atoms with Crippen LogP contribution in [-0.2, 0) is 6.54 Å². The maximum Gasteiger partial charge on any atom is 0.315 e. The molecule has 0 spiro atoms. The van der Waals surface area contributed by atoms with Crippen LogP contribution < -0.4 is 15.5 Å². The van der Waals surface area contributed by atoms with Gasteiger partial charge in [0.25, 0.3) is 0 Å². The van der Waals surface area contributed by atoms with E-state index in [1.54, 1.807) is 0 Å². The van der Waals surface area contributed by atoms with Gasteiger partial charge in [-0.25, -0.2) is 9.78 Å². The van der Waals surface area contributed by atoms with E-state index in [1.807, 2.05) is 42.2 Å². The third kappa shape index (κ3) is 5.95. The molecule has 1 aromatic carbocycles. The van der Waals surface area contributed by atoms with Gasteiger partial charge in [0, 0.05) is 37.3 Å². The molecule has 1 aromatic heterocycles. The van der Waals surface area contributed by atoms with Gasteiger partial charge < -0.3 is 15.5 Å². The van der Waals surface area contributed by atoms with Crippen LogP contribution in [0.1, 0.15) is 24.8 Å². The largest absolute Gasteiger partial charge is 0.357 e. The fraction of sp³-hybridized carbons (Fsp3) is 0.400. The summed E-state index contributed by atoms with van der Waals surface area (Å²) in [6.07, 6.45) is 5.23. The van der Waals surface area contributed by atoms with Crippen molar-refractivity contribution in [2.45, 2.75) is 30.7 Å². The Balaban J connectivity index is 1.32. The maximum absolute atomic E-state index is 11.9.